The van der Waals surface area contributed by atoms with Crippen LogP contribution in [0.4, 0.5) is 0 Å². The number of ether oxygens (including phenoxy) is 1. The molecule has 0 aliphatic rings. The molecule has 0 saturated heterocycles. The molecule has 69 heavy (non-hydrogen) atoms. The number of unbranched alkanes of at least 4 members (excludes halogenated alkanes) is 19. The van der Waals surface area contributed by atoms with Crippen molar-refractivity contribution in [3.05, 3.63) is 122 Å². The van der Waals surface area contributed by atoms with E-state index in [-0.39, 0.29) is 37.9 Å². The third-order valence-electron chi connectivity index (χ3n) is 11.1. The van der Waals surface area contributed by atoms with Gasteiger partial charge in [0.25, 0.3) is 0 Å². The number of rotatable bonds is 46. The molecule has 0 aliphatic heterocycles. The molecule has 0 aromatic carbocycles. The molecule has 392 valence electrons. The van der Waals surface area contributed by atoms with Crippen LogP contribution in [0, 0.1) is 0 Å². The second kappa shape index (κ2) is 48.1. The fourth-order valence-electron chi connectivity index (χ4n) is 6.97. The minimum atomic E-state index is -4.46. The van der Waals surface area contributed by atoms with Crippen molar-refractivity contribution in [2.75, 3.05) is 40.9 Å². The third-order valence-corrected chi connectivity index (χ3v) is 12.1. The zero-order valence-corrected chi connectivity index (χ0v) is 45.4. The maximum absolute atomic E-state index is 13.5. The predicted molar refractivity (Wildman–Crippen MR) is 295 cm³/mol. The van der Waals surface area contributed by atoms with Crippen LogP contribution in [0.5, 0.6) is 0 Å². The van der Waals surface area contributed by atoms with Gasteiger partial charge in [-0.2, -0.15) is 0 Å². The number of hydrogen-bond acceptors (Lipinski definition) is 6. The first-order valence-corrected chi connectivity index (χ1v) is 28.5. The van der Waals surface area contributed by atoms with E-state index in [1.807, 2.05) is 94.1 Å². The molecule has 10 heteroatoms. The van der Waals surface area contributed by atoms with Gasteiger partial charge in [0.1, 0.15) is 19.3 Å². The number of esters is 1. The highest BCUT2D eigenvalue weighted by atomic mass is 31.2. The van der Waals surface area contributed by atoms with Gasteiger partial charge in [-0.05, 0) is 70.3 Å². The molecule has 3 unspecified atom stereocenters. The quantitative estimate of drug-likeness (QED) is 0.0156. The van der Waals surface area contributed by atoms with Crippen LogP contribution in [0.3, 0.4) is 0 Å². The maximum Gasteiger partial charge on any atom is 0.472 e. The summed E-state index contributed by atoms with van der Waals surface area (Å²) in [6, 6.07) is -0.884. The topological polar surface area (TPSA) is 111 Å². The largest absolute Gasteiger partial charge is 0.472 e. The van der Waals surface area contributed by atoms with Gasteiger partial charge in [0.05, 0.1) is 33.8 Å². The van der Waals surface area contributed by atoms with Gasteiger partial charge in [0, 0.05) is 12.8 Å². The van der Waals surface area contributed by atoms with Crippen molar-refractivity contribution in [2.45, 2.75) is 200 Å². The van der Waals surface area contributed by atoms with Crippen molar-refractivity contribution in [2.24, 2.45) is 0 Å². The highest BCUT2D eigenvalue weighted by Gasteiger charge is 2.30. The van der Waals surface area contributed by atoms with Gasteiger partial charge in [0.2, 0.25) is 5.91 Å². The van der Waals surface area contributed by atoms with E-state index in [1.165, 1.54) is 64.2 Å². The van der Waals surface area contributed by atoms with Crippen molar-refractivity contribution in [3.8, 4) is 0 Å². The van der Waals surface area contributed by atoms with Gasteiger partial charge in [-0.1, -0.05) is 226 Å². The van der Waals surface area contributed by atoms with Gasteiger partial charge in [-0.25, -0.2) is 4.57 Å². The Hall–Kier alpha value is -3.59. The average molecular weight is 980 g/mol. The molecule has 0 aromatic heterocycles. The van der Waals surface area contributed by atoms with Crippen molar-refractivity contribution >= 4 is 19.7 Å². The highest BCUT2D eigenvalue weighted by molar-refractivity contribution is 7.47. The second-order valence-corrected chi connectivity index (χ2v) is 20.3. The molecule has 0 rings (SSSR count). The lowest BCUT2D eigenvalue weighted by atomic mass is 10.1. The standard InChI is InChI=1S/C59H99N2O7P/c1-7-10-13-16-19-22-25-27-29-30-32-33-36-39-42-45-48-51-58(62)60-56(55-67-69(64,65)66-54-53-61(4,5)6)57(50-47-44-41-38-35-24-21-18-15-12-9-3)68-59(63)52-49-46-43-40-37-34-31-28-26-23-20-17-14-11-8-2/h10-11,13-14,16-17,19-20,22-23,25-27,29-30,32-33,36,47,50,56-57H,7-9,12,15,18,21,24,28,31,34-35,37-46,48-49,51-55H2,1-6H3,(H-,60,62,64,65)/p+1/b13-10-,14-11+,19-16+,20-17+,25-22+,26-23+,29-27-,32-30+,36-33+,50-47+. The Balaban J connectivity index is 5.50. The van der Waals surface area contributed by atoms with E-state index in [0.717, 1.165) is 77.0 Å². The Labute approximate surface area is 423 Å². The maximum atomic E-state index is 13.5. The van der Waals surface area contributed by atoms with Crippen LogP contribution < -0.4 is 5.32 Å². The Morgan fingerprint density at radius 1 is 0.522 bits per heavy atom. The molecule has 9 nitrogen and oxygen atoms in total. The smallest absolute Gasteiger partial charge is 0.456 e. The van der Waals surface area contributed by atoms with E-state index < -0.39 is 20.0 Å². The van der Waals surface area contributed by atoms with E-state index in [9.17, 15) is 19.0 Å². The lowest BCUT2D eigenvalue weighted by molar-refractivity contribution is -0.870. The normalized spacial score (nSPS) is 14.8. The first-order chi connectivity index (χ1) is 33.4. The highest BCUT2D eigenvalue weighted by Crippen LogP contribution is 2.43. The minimum absolute atomic E-state index is 0.0215. The molecule has 0 saturated carbocycles. The second-order valence-electron chi connectivity index (χ2n) is 18.9. The lowest BCUT2D eigenvalue weighted by Crippen LogP contribution is -2.47. The van der Waals surface area contributed by atoms with Crippen LogP contribution in [-0.2, 0) is 27.9 Å². The summed E-state index contributed by atoms with van der Waals surface area (Å²) in [4.78, 5) is 37.5. The molecule has 0 heterocycles. The number of carbonyl (C=O) groups is 2. The number of phosphoric ester groups is 1. The number of nitrogens with one attached hydrogen (secondary N) is 1. The summed E-state index contributed by atoms with van der Waals surface area (Å²) in [6.45, 7) is 6.65. The van der Waals surface area contributed by atoms with Crippen molar-refractivity contribution in [3.63, 3.8) is 0 Å². The van der Waals surface area contributed by atoms with Crippen molar-refractivity contribution in [1.29, 1.82) is 0 Å². The molecule has 0 aliphatic carbocycles. The van der Waals surface area contributed by atoms with E-state index in [4.69, 9.17) is 13.8 Å². The molecule has 0 radical (unpaired) electrons. The zero-order chi connectivity index (χ0) is 50.8. The van der Waals surface area contributed by atoms with Gasteiger partial charge in [-0.3, -0.25) is 18.6 Å². The summed E-state index contributed by atoms with van der Waals surface area (Å²) in [7, 11) is 1.43. The Morgan fingerprint density at radius 3 is 1.41 bits per heavy atom. The molecule has 0 spiro atoms. The molecular formula is C59H100N2O7P+. The van der Waals surface area contributed by atoms with Crippen LogP contribution in [0.1, 0.15) is 188 Å². The van der Waals surface area contributed by atoms with E-state index >= 15 is 0 Å². The van der Waals surface area contributed by atoms with E-state index in [2.05, 4.69) is 74.7 Å². The number of hydrogen-bond donors (Lipinski definition) is 2. The van der Waals surface area contributed by atoms with Gasteiger partial charge in [0.15, 0.2) is 0 Å². The van der Waals surface area contributed by atoms with E-state index in [1.54, 1.807) is 0 Å². The first kappa shape index (κ1) is 65.4. The Morgan fingerprint density at radius 2 is 0.928 bits per heavy atom. The van der Waals surface area contributed by atoms with Crippen LogP contribution >= 0.6 is 7.82 Å². The summed E-state index contributed by atoms with van der Waals surface area (Å²) >= 11 is 0. The summed E-state index contributed by atoms with van der Waals surface area (Å²) in [5.74, 6) is -0.584. The Kier molecular flexibility index (Phi) is 45.6. The minimum Gasteiger partial charge on any atom is -0.456 e. The van der Waals surface area contributed by atoms with Gasteiger partial charge < -0.3 is 19.4 Å². The number of phosphoric acid groups is 1. The number of allylic oxidation sites excluding steroid dienone is 19. The van der Waals surface area contributed by atoms with Crippen LogP contribution in [0.2, 0.25) is 0 Å². The summed E-state index contributed by atoms with van der Waals surface area (Å²) in [5, 5.41) is 3.01. The van der Waals surface area contributed by atoms with Crippen LogP contribution in [0.15, 0.2) is 122 Å². The lowest BCUT2D eigenvalue weighted by Gasteiger charge is -2.27. The first-order valence-electron chi connectivity index (χ1n) is 27.0. The van der Waals surface area contributed by atoms with E-state index in [0.29, 0.717) is 23.9 Å². The number of carbonyl (C=O) groups excluding carboxylic acids is 2. The summed E-state index contributed by atoms with van der Waals surface area (Å²) in [6.07, 6.45) is 66.2. The number of likely N-dealkylation sites (N-methyl/N-ethyl adjacent to an activating group) is 1. The van der Waals surface area contributed by atoms with Crippen molar-refractivity contribution < 1.29 is 37.3 Å². The molecule has 3 atom stereocenters. The fourth-order valence-corrected chi connectivity index (χ4v) is 7.71. The molecule has 0 aromatic rings. The summed E-state index contributed by atoms with van der Waals surface area (Å²) in [5.41, 5.74) is 0. The third kappa shape index (κ3) is 49.2. The van der Waals surface area contributed by atoms with Gasteiger partial charge in [-0.15, -0.1) is 0 Å². The predicted octanol–water partition coefficient (Wildman–Crippen LogP) is 16.0. The molecule has 2 N–H and O–H groups in total. The average Bonchev–Trinajstić information content (AvgIpc) is 3.31. The number of amides is 1. The van der Waals surface area contributed by atoms with Crippen molar-refractivity contribution in [1.82, 2.24) is 5.32 Å². The fraction of sp³-hybridized carbons (Fsp3) is 0.627. The van der Waals surface area contributed by atoms with Gasteiger partial charge >= 0.3 is 13.8 Å². The molecule has 0 bridgehead atoms. The number of nitrogens with zero attached hydrogens (tertiary/aromatic N) is 1. The molecule has 1 amide bonds. The van der Waals surface area contributed by atoms with Crippen LogP contribution in [-0.4, -0.2) is 74.3 Å². The summed E-state index contributed by atoms with van der Waals surface area (Å²) < 4.78 is 30.5. The number of quaternary nitrogens is 1. The Bertz CT molecular complexity index is 1600. The monoisotopic (exact) mass is 980 g/mol. The zero-order valence-electron chi connectivity index (χ0n) is 44.5. The van der Waals surface area contributed by atoms with Crippen LogP contribution in [0.25, 0.3) is 0 Å². The SMILES string of the molecule is CC\C=C/C=C/C=C/C=C\C=C\C=C\CCCCCC(=O)NC(COP(=O)(O)OCC[N+](C)(C)C)C(/C=C/CCCCCCCCCCC)OC(=O)CCCCCCCCC/C=C/C=C/C=C/CC. The molecular weight excluding hydrogens is 880 g/mol. The molecule has 0 fully saturated rings.